The Morgan fingerprint density at radius 2 is 1.93 bits per heavy atom. The van der Waals surface area contributed by atoms with Crippen molar-refractivity contribution in [3.05, 3.63) is 21.3 Å². The van der Waals surface area contributed by atoms with Gasteiger partial charge in [0.15, 0.2) is 5.78 Å². The predicted octanol–water partition coefficient (Wildman–Crippen LogP) is 2.64. The number of thiazole rings is 1. The van der Waals surface area contributed by atoms with Crippen LogP contribution in [-0.2, 0) is 4.79 Å². The number of aromatic nitrogens is 1. The van der Waals surface area contributed by atoms with Crippen LogP contribution >= 0.6 is 11.3 Å². The lowest BCUT2D eigenvalue weighted by atomic mass is 10.2. The van der Waals surface area contributed by atoms with Crippen molar-refractivity contribution in [1.82, 2.24) is 4.98 Å². The van der Waals surface area contributed by atoms with Crippen LogP contribution in [0.2, 0.25) is 0 Å². The molecule has 0 saturated heterocycles. The molecule has 0 radical (unpaired) electrons. The average molecular weight is 211 g/mol. The molecule has 0 saturated carbocycles. The average Bonchev–Trinajstić information content (AvgIpc) is 2.29. The van der Waals surface area contributed by atoms with Crippen molar-refractivity contribution in [3.63, 3.8) is 0 Å². The SMILES string of the molecule is CC(=O)C(=C(C)O)c1nc(C)c(C)s1. The minimum Gasteiger partial charge on any atom is -0.512 e. The lowest BCUT2D eigenvalue weighted by molar-refractivity contribution is -0.111. The molecule has 3 nitrogen and oxygen atoms in total. The first-order chi connectivity index (χ1) is 6.43. The highest BCUT2D eigenvalue weighted by molar-refractivity contribution is 7.13. The molecule has 0 aliphatic rings. The standard InChI is InChI=1S/C10H13NO2S/c1-5-8(4)14-10(11-5)9(6(2)12)7(3)13/h12H,1-4H3. The number of aryl methyl sites for hydroxylation is 2. The summed E-state index contributed by atoms with van der Waals surface area (Å²) in [5.74, 6) is -0.120. The molecule has 4 heteroatoms. The Kier molecular flexibility index (Phi) is 3.06. The van der Waals surface area contributed by atoms with E-state index in [2.05, 4.69) is 4.98 Å². The summed E-state index contributed by atoms with van der Waals surface area (Å²) in [6.45, 7) is 6.77. The van der Waals surface area contributed by atoms with Gasteiger partial charge in [0.2, 0.25) is 0 Å². The quantitative estimate of drug-likeness (QED) is 0.604. The van der Waals surface area contributed by atoms with Gasteiger partial charge in [-0.3, -0.25) is 4.79 Å². The first kappa shape index (κ1) is 10.9. The van der Waals surface area contributed by atoms with Gasteiger partial charge in [0.1, 0.15) is 10.8 Å². The molecule has 1 N–H and O–H groups in total. The second-order valence-corrected chi connectivity index (χ2v) is 4.38. The summed E-state index contributed by atoms with van der Waals surface area (Å²) in [5.41, 5.74) is 1.23. The van der Waals surface area contributed by atoms with Crippen molar-refractivity contribution in [2.45, 2.75) is 27.7 Å². The van der Waals surface area contributed by atoms with Crippen LogP contribution in [0.15, 0.2) is 5.76 Å². The molecule has 1 aromatic rings. The molecule has 76 valence electrons. The van der Waals surface area contributed by atoms with Crippen LogP contribution in [0.1, 0.15) is 29.4 Å². The molecule has 0 aliphatic carbocycles. The van der Waals surface area contributed by atoms with Gasteiger partial charge in [-0.1, -0.05) is 0 Å². The van der Waals surface area contributed by atoms with Crippen LogP contribution in [0.25, 0.3) is 5.57 Å². The summed E-state index contributed by atoms with van der Waals surface area (Å²) in [6.07, 6.45) is 0. The number of hydrogen-bond acceptors (Lipinski definition) is 4. The first-order valence-corrected chi connectivity index (χ1v) is 5.10. The van der Waals surface area contributed by atoms with Gasteiger partial charge < -0.3 is 5.11 Å². The van der Waals surface area contributed by atoms with E-state index in [4.69, 9.17) is 0 Å². The summed E-state index contributed by atoms with van der Waals surface area (Å²) in [6, 6.07) is 0. The number of allylic oxidation sites excluding steroid dienone is 2. The lowest BCUT2D eigenvalue weighted by Crippen LogP contribution is -1.98. The summed E-state index contributed by atoms with van der Waals surface area (Å²) < 4.78 is 0. The van der Waals surface area contributed by atoms with Gasteiger partial charge in [-0.2, -0.15) is 0 Å². The van der Waals surface area contributed by atoms with Gasteiger partial charge in [0.25, 0.3) is 0 Å². The number of aliphatic hydroxyl groups is 1. The molecule has 14 heavy (non-hydrogen) atoms. The molecule has 0 fully saturated rings. The number of hydrogen-bond donors (Lipinski definition) is 1. The Labute approximate surface area is 87.1 Å². The highest BCUT2D eigenvalue weighted by Crippen LogP contribution is 2.25. The predicted molar refractivity (Wildman–Crippen MR) is 57.5 cm³/mol. The Morgan fingerprint density at radius 3 is 2.21 bits per heavy atom. The molecule has 0 aliphatic heterocycles. The third-order valence-corrected chi connectivity index (χ3v) is 3.05. The second-order valence-electron chi connectivity index (χ2n) is 3.18. The number of carbonyl (C=O) groups is 1. The van der Waals surface area contributed by atoms with Crippen molar-refractivity contribution < 1.29 is 9.90 Å². The van der Waals surface area contributed by atoms with E-state index in [9.17, 15) is 9.90 Å². The van der Waals surface area contributed by atoms with E-state index in [1.807, 2.05) is 13.8 Å². The third kappa shape index (κ3) is 2.01. The molecule has 0 amide bonds. The molecule has 0 aromatic carbocycles. The van der Waals surface area contributed by atoms with Gasteiger partial charge in [-0.05, 0) is 27.7 Å². The van der Waals surface area contributed by atoms with Gasteiger partial charge in [0.05, 0.1) is 11.3 Å². The van der Waals surface area contributed by atoms with Gasteiger partial charge in [0, 0.05) is 4.88 Å². The fourth-order valence-corrected chi connectivity index (χ4v) is 2.20. The van der Waals surface area contributed by atoms with E-state index in [0.29, 0.717) is 10.6 Å². The van der Waals surface area contributed by atoms with Crippen molar-refractivity contribution >= 4 is 22.7 Å². The molecule has 0 atom stereocenters. The smallest absolute Gasteiger partial charge is 0.166 e. The highest BCUT2D eigenvalue weighted by Gasteiger charge is 2.15. The number of carbonyl (C=O) groups excluding carboxylic acids is 1. The second kappa shape index (κ2) is 3.92. The van der Waals surface area contributed by atoms with Gasteiger partial charge in [-0.15, -0.1) is 11.3 Å². The number of ketones is 1. The maximum absolute atomic E-state index is 11.3. The van der Waals surface area contributed by atoms with Crippen LogP contribution in [0, 0.1) is 13.8 Å². The van der Waals surface area contributed by atoms with Crippen LogP contribution in [0.4, 0.5) is 0 Å². The lowest BCUT2D eigenvalue weighted by Gasteiger charge is -1.99. The fraction of sp³-hybridized carbons (Fsp3) is 0.400. The zero-order chi connectivity index (χ0) is 10.9. The molecule has 0 spiro atoms. The van der Waals surface area contributed by atoms with Gasteiger partial charge in [-0.25, -0.2) is 4.98 Å². The molecular weight excluding hydrogens is 198 g/mol. The van der Waals surface area contributed by atoms with Crippen LogP contribution in [0.3, 0.4) is 0 Å². The molecule has 1 rings (SSSR count). The van der Waals surface area contributed by atoms with Crippen molar-refractivity contribution in [2.24, 2.45) is 0 Å². The van der Waals surface area contributed by atoms with E-state index < -0.39 is 0 Å². The Morgan fingerprint density at radius 1 is 1.36 bits per heavy atom. The Balaban J connectivity index is 3.27. The number of nitrogens with zero attached hydrogens (tertiary/aromatic N) is 1. The maximum Gasteiger partial charge on any atom is 0.166 e. The largest absolute Gasteiger partial charge is 0.512 e. The summed E-state index contributed by atoms with van der Waals surface area (Å²) >= 11 is 1.43. The van der Waals surface area contributed by atoms with Crippen molar-refractivity contribution in [2.75, 3.05) is 0 Å². The van der Waals surface area contributed by atoms with E-state index in [0.717, 1.165) is 10.6 Å². The minimum atomic E-state index is -0.154. The molecular formula is C10H13NO2S. The fourth-order valence-electron chi connectivity index (χ4n) is 1.14. The van der Waals surface area contributed by atoms with E-state index in [1.54, 1.807) is 0 Å². The van der Waals surface area contributed by atoms with E-state index >= 15 is 0 Å². The minimum absolute atomic E-state index is 0.0336. The highest BCUT2D eigenvalue weighted by atomic mass is 32.1. The Hall–Kier alpha value is -1.16. The zero-order valence-corrected chi connectivity index (χ0v) is 9.53. The normalized spacial score (nSPS) is 12.6. The van der Waals surface area contributed by atoms with Crippen LogP contribution in [-0.4, -0.2) is 15.9 Å². The van der Waals surface area contributed by atoms with E-state index in [-0.39, 0.29) is 11.5 Å². The zero-order valence-electron chi connectivity index (χ0n) is 8.71. The van der Waals surface area contributed by atoms with Gasteiger partial charge >= 0.3 is 0 Å². The number of Topliss-reactive ketones (excluding diaryl/α,β-unsaturated/α-hetero) is 1. The monoisotopic (exact) mass is 211 g/mol. The molecule has 0 unspecified atom stereocenters. The van der Waals surface area contributed by atoms with Crippen LogP contribution < -0.4 is 0 Å². The molecule has 1 aromatic heterocycles. The summed E-state index contributed by atoms with van der Waals surface area (Å²) in [5, 5.41) is 9.97. The van der Waals surface area contributed by atoms with Crippen molar-refractivity contribution in [1.29, 1.82) is 0 Å². The Bertz CT molecular complexity index is 381. The third-order valence-electron chi connectivity index (χ3n) is 1.96. The molecule has 0 bridgehead atoms. The van der Waals surface area contributed by atoms with E-state index in [1.165, 1.54) is 25.2 Å². The number of aliphatic hydroxyl groups excluding tert-OH is 1. The van der Waals surface area contributed by atoms with Crippen LogP contribution in [0.5, 0.6) is 0 Å². The maximum atomic E-state index is 11.3. The summed E-state index contributed by atoms with van der Waals surface area (Å²) in [7, 11) is 0. The first-order valence-electron chi connectivity index (χ1n) is 4.28. The topological polar surface area (TPSA) is 50.2 Å². The molecule has 1 heterocycles. The summed E-state index contributed by atoms with van der Waals surface area (Å²) in [4.78, 5) is 16.6. The number of rotatable bonds is 2. The van der Waals surface area contributed by atoms with Crippen molar-refractivity contribution in [3.8, 4) is 0 Å².